The average Bonchev–Trinajstić information content (AvgIpc) is 2.87. The molecule has 11 heteroatoms. The number of sulfonamides is 1. The standard InChI is InChI=1S/C25H22Cl2FN3O4S/c1-3-34-14-13-31-36(32,33)20-8-6-19(7-9-20)35-25-23(21(10-12-30)17(2)16-28)18(5-4-11-29)15-22(26)24(25)27/h4-10,15-16,31H,3,13-14H2,1-2H3/b5-4+,17-16-,21-10+. The van der Waals surface area contributed by atoms with Crippen molar-refractivity contribution in [1.29, 1.82) is 10.5 Å². The molecular weight excluding hydrogens is 528 g/mol. The predicted octanol–water partition coefficient (Wildman–Crippen LogP) is 6.42. The molecule has 0 radical (unpaired) electrons. The molecule has 7 nitrogen and oxygen atoms in total. The summed E-state index contributed by atoms with van der Waals surface area (Å²) in [5.41, 5.74) is 0.828. The minimum atomic E-state index is -3.77. The number of nitriles is 2. The minimum Gasteiger partial charge on any atom is -0.455 e. The van der Waals surface area contributed by atoms with E-state index in [2.05, 4.69) is 4.72 Å². The summed E-state index contributed by atoms with van der Waals surface area (Å²) < 4.78 is 52.0. The molecule has 0 atom stereocenters. The van der Waals surface area contributed by atoms with Crippen molar-refractivity contribution in [2.24, 2.45) is 0 Å². The highest BCUT2D eigenvalue weighted by Crippen LogP contribution is 2.45. The molecule has 0 saturated carbocycles. The third-order valence-electron chi connectivity index (χ3n) is 4.71. The van der Waals surface area contributed by atoms with Gasteiger partial charge in [0.1, 0.15) is 10.8 Å². The largest absolute Gasteiger partial charge is 0.455 e. The number of nitrogens with one attached hydrogen (secondary N) is 1. The van der Waals surface area contributed by atoms with Crippen LogP contribution in [0.25, 0.3) is 11.6 Å². The molecule has 0 bridgehead atoms. The Bertz CT molecular complexity index is 1370. The number of hydrogen-bond donors (Lipinski definition) is 1. The molecule has 1 N–H and O–H groups in total. The van der Waals surface area contributed by atoms with Crippen molar-refractivity contribution in [3.8, 4) is 23.6 Å². The van der Waals surface area contributed by atoms with Crippen LogP contribution >= 0.6 is 23.2 Å². The van der Waals surface area contributed by atoms with E-state index in [1.165, 1.54) is 49.4 Å². The van der Waals surface area contributed by atoms with Gasteiger partial charge in [-0.1, -0.05) is 23.2 Å². The van der Waals surface area contributed by atoms with E-state index in [4.69, 9.17) is 37.9 Å². The Morgan fingerprint density at radius 2 is 1.89 bits per heavy atom. The highest BCUT2D eigenvalue weighted by molar-refractivity contribution is 7.89. The fourth-order valence-electron chi connectivity index (χ4n) is 3.04. The summed E-state index contributed by atoms with van der Waals surface area (Å²) in [5, 5.41) is 18.3. The normalized spacial score (nSPS) is 12.4. The summed E-state index contributed by atoms with van der Waals surface area (Å²) in [5.74, 6) is 0.192. The second-order valence-corrected chi connectivity index (χ2v) is 9.63. The number of nitrogens with zero attached hydrogens (tertiary/aromatic N) is 2. The zero-order valence-corrected chi connectivity index (χ0v) is 21.7. The maximum Gasteiger partial charge on any atom is 0.240 e. The van der Waals surface area contributed by atoms with Gasteiger partial charge in [-0.3, -0.25) is 0 Å². The van der Waals surface area contributed by atoms with E-state index in [9.17, 15) is 18.1 Å². The minimum absolute atomic E-state index is 0.00248. The first-order chi connectivity index (χ1) is 17.2. The van der Waals surface area contributed by atoms with Crippen LogP contribution in [0.3, 0.4) is 0 Å². The third kappa shape index (κ3) is 7.41. The van der Waals surface area contributed by atoms with Crippen LogP contribution in [0.2, 0.25) is 10.0 Å². The molecule has 2 aromatic rings. The number of ether oxygens (including phenoxy) is 2. The number of hydrogen-bond acceptors (Lipinski definition) is 6. The Morgan fingerprint density at radius 1 is 1.19 bits per heavy atom. The molecule has 0 unspecified atom stereocenters. The molecule has 0 fully saturated rings. The van der Waals surface area contributed by atoms with Crippen molar-refractivity contribution in [1.82, 2.24) is 4.72 Å². The SMILES string of the molecule is CCOCCNS(=O)(=O)c1ccc(Oc2c(Cl)c(Cl)cc(/C=C/C#N)c2C(=C/C#N)/C(C)=C\F)cc1. The smallest absolute Gasteiger partial charge is 0.240 e. The van der Waals surface area contributed by atoms with Crippen molar-refractivity contribution in [2.75, 3.05) is 19.8 Å². The zero-order chi connectivity index (χ0) is 26.7. The number of allylic oxidation sites excluding steroid dienone is 4. The van der Waals surface area contributed by atoms with Crippen molar-refractivity contribution in [3.63, 3.8) is 0 Å². The second-order valence-electron chi connectivity index (χ2n) is 7.08. The highest BCUT2D eigenvalue weighted by Gasteiger charge is 2.22. The molecule has 2 aromatic carbocycles. The molecule has 0 aliphatic rings. The summed E-state index contributed by atoms with van der Waals surface area (Å²) in [7, 11) is -3.77. The first-order valence-electron chi connectivity index (χ1n) is 10.5. The van der Waals surface area contributed by atoms with Crippen LogP contribution in [-0.2, 0) is 14.8 Å². The van der Waals surface area contributed by atoms with Crippen LogP contribution in [0.15, 0.2) is 59.3 Å². The summed E-state index contributed by atoms with van der Waals surface area (Å²) in [6, 6.07) is 10.7. The Balaban J connectivity index is 2.57. The molecule has 0 heterocycles. The molecule has 0 aliphatic carbocycles. The van der Waals surface area contributed by atoms with E-state index in [0.717, 1.165) is 6.08 Å². The van der Waals surface area contributed by atoms with Gasteiger partial charge in [-0.2, -0.15) is 10.5 Å². The van der Waals surface area contributed by atoms with Crippen molar-refractivity contribution >= 4 is 44.9 Å². The summed E-state index contributed by atoms with van der Waals surface area (Å²) in [4.78, 5) is 0.00248. The second kappa shape index (κ2) is 13.8. The van der Waals surface area contributed by atoms with Gasteiger partial charge in [-0.25, -0.2) is 17.5 Å². The maximum atomic E-state index is 13.5. The van der Waals surface area contributed by atoms with Gasteiger partial charge in [-0.15, -0.1) is 0 Å². The van der Waals surface area contributed by atoms with Gasteiger partial charge in [0.2, 0.25) is 10.0 Å². The molecule has 0 aliphatic heterocycles. The lowest BCUT2D eigenvalue weighted by atomic mass is 9.93. The highest BCUT2D eigenvalue weighted by atomic mass is 35.5. The quantitative estimate of drug-likeness (QED) is 0.196. The molecule has 188 valence electrons. The van der Waals surface area contributed by atoms with E-state index >= 15 is 0 Å². The van der Waals surface area contributed by atoms with Crippen LogP contribution in [-0.4, -0.2) is 28.2 Å². The fraction of sp³-hybridized carbons (Fsp3) is 0.200. The van der Waals surface area contributed by atoms with Crippen LogP contribution in [0.4, 0.5) is 4.39 Å². The molecule has 36 heavy (non-hydrogen) atoms. The molecule has 0 saturated heterocycles. The Morgan fingerprint density at radius 3 is 2.47 bits per heavy atom. The molecule has 2 rings (SSSR count). The van der Waals surface area contributed by atoms with Gasteiger partial charge in [0.25, 0.3) is 0 Å². The van der Waals surface area contributed by atoms with Crippen molar-refractivity contribution in [2.45, 2.75) is 18.7 Å². The molecule has 0 spiro atoms. The van der Waals surface area contributed by atoms with Crippen molar-refractivity contribution < 1.29 is 22.3 Å². The van der Waals surface area contributed by atoms with E-state index in [0.29, 0.717) is 18.5 Å². The summed E-state index contributed by atoms with van der Waals surface area (Å²) in [6.07, 6.45) is 4.05. The number of halogens is 3. The van der Waals surface area contributed by atoms with Gasteiger partial charge in [0, 0.05) is 36.4 Å². The van der Waals surface area contributed by atoms with Crippen LogP contribution in [0, 0.1) is 22.7 Å². The third-order valence-corrected chi connectivity index (χ3v) is 6.95. The van der Waals surface area contributed by atoms with Crippen LogP contribution in [0.1, 0.15) is 25.0 Å². The molecule has 0 amide bonds. The monoisotopic (exact) mass is 549 g/mol. The first-order valence-corrected chi connectivity index (χ1v) is 12.7. The van der Waals surface area contributed by atoms with Crippen molar-refractivity contribution in [3.05, 3.63) is 75.6 Å². The lowest BCUT2D eigenvalue weighted by Crippen LogP contribution is -2.27. The summed E-state index contributed by atoms with van der Waals surface area (Å²) >= 11 is 12.7. The van der Waals surface area contributed by atoms with Gasteiger partial charge < -0.3 is 9.47 Å². The van der Waals surface area contributed by atoms with Crippen LogP contribution in [0.5, 0.6) is 11.5 Å². The van der Waals surface area contributed by atoms with Gasteiger partial charge in [0.05, 0.1) is 35.0 Å². The Hall–Kier alpha value is -3.18. The molecule has 0 aromatic heterocycles. The zero-order valence-electron chi connectivity index (χ0n) is 19.4. The maximum absolute atomic E-state index is 13.5. The van der Waals surface area contributed by atoms with E-state index < -0.39 is 10.0 Å². The predicted molar refractivity (Wildman–Crippen MR) is 138 cm³/mol. The van der Waals surface area contributed by atoms with Gasteiger partial charge in [0.15, 0.2) is 5.75 Å². The number of benzene rings is 2. The van der Waals surface area contributed by atoms with Crippen LogP contribution < -0.4 is 9.46 Å². The van der Waals surface area contributed by atoms with E-state index in [-0.39, 0.29) is 56.3 Å². The fourth-order valence-corrected chi connectivity index (χ4v) is 4.44. The Kier molecular flexibility index (Phi) is 11.1. The first kappa shape index (κ1) is 29.1. The molecular formula is C25H22Cl2FN3O4S. The van der Waals surface area contributed by atoms with Gasteiger partial charge in [-0.05, 0) is 61.4 Å². The topological polar surface area (TPSA) is 112 Å². The number of rotatable bonds is 11. The van der Waals surface area contributed by atoms with E-state index in [1.807, 2.05) is 19.1 Å². The average molecular weight is 550 g/mol. The van der Waals surface area contributed by atoms with E-state index in [1.54, 1.807) is 0 Å². The summed E-state index contributed by atoms with van der Waals surface area (Å²) in [6.45, 7) is 4.08. The lowest BCUT2D eigenvalue weighted by Gasteiger charge is -2.19. The Labute approximate surface area is 219 Å². The lowest BCUT2D eigenvalue weighted by molar-refractivity contribution is 0.153. The van der Waals surface area contributed by atoms with Gasteiger partial charge >= 0.3 is 0 Å².